The molecule has 0 spiro atoms. The van der Waals surface area contributed by atoms with E-state index < -0.39 is 0 Å². The van der Waals surface area contributed by atoms with Crippen LogP contribution in [0.4, 0.5) is 0 Å². The molecule has 1 aliphatic rings. The number of aryl methyl sites for hydroxylation is 1. The first-order valence-electron chi connectivity index (χ1n) is 6.18. The van der Waals surface area contributed by atoms with Crippen molar-refractivity contribution in [1.29, 1.82) is 0 Å². The molecule has 17 heavy (non-hydrogen) atoms. The second kappa shape index (κ2) is 5.82. The summed E-state index contributed by atoms with van der Waals surface area (Å²) in [5.41, 5.74) is 2.26. The van der Waals surface area contributed by atoms with Gasteiger partial charge in [0.05, 0.1) is 12.5 Å². The maximum atomic E-state index is 11.8. The Morgan fingerprint density at radius 2 is 2.29 bits per heavy atom. The molecule has 0 radical (unpaired) electrons. The van der Waals surface area contributed by atoms with Crippen LogP contribution in [-0.4, -0.2) is 25.2 Å². The molecule has 1 saturated heterocycles. The van der Waals surface area contributed by atoms with Crippen molar-refractivity contribution in [3.05, 3.63) is 35.4 Å². The molecule has 0 saturated carbocycles. The summed E-state index contributed by atoms with van der Waals surface area (Å²) < 4.78 is 5.46. The molecule has 1 amide bonds. The Hall–Kier alpha value is -1.35. The molecule has 0 aromatic heterocycles. The van der Waals surface area contributed by atoms with Gasteiger partial charge < -0.3 is 10.1 Å². The van der Waals surface area contributed by atoms with Gasteiger partial charge in [-0.05, 0) is 30.9 Å². The van der Waals surface area contributed by atoms with Gasteiger partial charge in [0, 0.05) is 13.2 Å². The number of benzene rings is 1. The van der Waals surface area contributed by atoms with Gasteiger partial charge in [0.15, 0.2) is 0 Å². The van der Waals surface area contributed by atoms with Crippen molar-refractivity contribution in [2.24, 2.45) is 0 Å². The minimum Gasteiger partial charge on any atom is -0.376 e. The van der Waals surface area contributed by atoms with E-state index in [-0.39, 0.29) is 12.0 Å². The van der Waals surface area contributed by atoms with E-state index in [1.165, 1.54) is 5.56 Å². The first-order valence-corrected chi connectivity index (χ1v) is 6.18. The van der Waals surface area contributed by atoms with Crippen LogP contribution < -0.4 is 5.32 Å². The summed E-state index contributed by atoms with van der Waals surface area (Å²) in [6.07, 6.45) is 2.85. The molecular weight excluding hydrogens is 214 g/mol. The Morgan fingerprint density at radius 1 is 1.47 bits per heavy atom. The van der Waals surface area contributed by atoms with Crippen LogP contribution in [-0.2, 0) is 16.0 Å². The fourth-order valence-electron chi connectivity index (χ4n) is 2.08. The maximum Gasteiger partial charge on any atom is 0.224 e. The number of hydrogen-bond acceptors (Lipinski definition) is 2. The highest BCUT2D eigenvalue weighted by molar-refractivity contribution is 5.78. The zero-order valence-electron chi connectivity index (χ0n) is 10.2. The monoisotopic (exact) mass is 233 g/mol. The molecular formula is C14H19NO2. The van der Waals surface area contributed by atoms with E-state index in [1.54, 1.807) is 0 Å². The Balaban J connectivity index is 1.79. The summed E-state index contributed by atoms with van der Waals surface area (Å²) in [7, 11) is 0. The van der Waals surface area contributed by atoms with Crippen molar-refractivity contribution < 1.29 is 9.53 Å². The topological polar surface area (TPSA) is 38.3 Å². The third kappa shape index (κ3) is 3.56. The summed E-state index contributed by atoms with van der Waals surface area (Å²) in [5.74, 6) is 0.0785. The van der Waals surface area contributed by atoms with Crippen LogP contribution in [0.25, 0.3) is 0 Å². The molecule has 92 valence electrons. The van der Waals surface area contributed by atoms with Gasteiger partial charge in [0.2, 0.25) is 5.91 Å². The van der Waals surface area contributed by atoms with E-state index in [9.17, 15) is 4.79 Å². The summed E-state index contributed by atoms with van der Waals surface area (Å²) in [6.45, 7) is 3.51. The number of carbonyl (C=O) groups is 1. The minimum atomic E-state index is 0.0785. The first kappa shape index (κ1) is 12.1. The van der Waals surface area contributed by atoms with Crippen molar-refractivity contribution in [3.63, 3.8) is 0 Å². The molecule has 3 nitrogen and oxygen atoms in total. The fourth-order valence-corrected chi connectivity index (χ4v) is 2.08. The normalized spacial score (nSPS) is 19.2. The van der Waals surface area contributed by atoms with E-state index >= 15 is 0 Å². The van der Waals surface area contributed by atoms with E-state index in [2.05, 4.69) is 5.32 Å². The standard InChI is InChI=1S/C14H19NO2/c1-11-5-2-3-6-12(11)9-14(16)15-10-13-7-4-8-17-13/h2-3,5-6,13H,4,7-10H2,1H3,(H,15,16)/t13-/m0/s1. The Bertz CT molecular complexity index is 384. The molecule has 0 bridgehead atoms. The number of carbonyl (C=O) groups excluding carboxylic acids is 1. The number of rotatable bonds is 4. The van der Waals surface area contributed by atoms with Gasteiger partial charge in [0.25, 0.3) is 0 Å². The molecule has 0 aliphatic carbocycles. The molecule has 1 heterocycles. The van der Waals surface area contributed by atoms with Crippen LogP contribution in [0.1, 0.15) is 24.0 Å². The second-order valence-electron chi connectivity index (χ2n) is 4.54. The van der Waals surface area contributed by atoms with Crippen LogP contribution in [0.2, 0.25) is 0 Å². The van der Waals surface area contributed by atoms with Crippen LogP contribution in [0.3, 0.4) is 0 Å². The van der Waals surface area contributed by atoms with Crippen molar-refractivity contribution in [1.82, 2.24) is 5.32 Å². The first-order chi connectivity index (χ1) is 8.25. The molecule has 1 atom stereocenters. The molecule has 1 aromatic rings. The summed E-state index contributed by atoms with van der Waals surface area (Å²) in [4.78, 5) is 11.8. The maximum absolute atomic E-state index is 11.8. The van der Waals surface area contributed by atoms with Gasteiger partial charge >= 0.3 is 0 Å². The predicted molar refractivity (Wildman–Crippen MR) is 66.9 cm³/mol. The van der Waals surface area contributed by atoms with E-state index in [0.29, 0.717) is 13.0 Å². The van der Waals surface area contributed by atoms with Crippen molar-refractivity contribution in [2.75, 3.05) is 13.2 Å². The SMILES string of the molecule is Cc1ccccc1CC(=O)NC[C@@H]1CCCO1. The van der Waals surface area contributed by atoms with Gasteiger partial charge in [-0.1, -0.05) is 24.3 Å². The smallest absolute Gasteiger partial charge is 0.224 e. The molecule has 1 fully saturated rings. The van der Waals surface area contributed by atoms with Gasteiger partial charge in [-0.2, -0.15) is 0 Å². The number of amides is 1. The van der Waals surface area contributed by atoms with E-state index in [0.717, 1.165) is 25.0 Å². The van der Waals surface area contributed by atoms with Crippen LogP contribution in [0.5, 0.6) is 0 Å². The number of hydrogen-bond donors (Lipinski definition) is 1. The summed E-state index contributed by atoms with van der Waals surface area (Å²) in [5, 5.41) is 2.94. The summed E-state index contributed by atoms with van der Waals surface area (Å²) >= 11 is 0. The molecule has 1 aromatic carbocycles. The van der Waals surface area contributed by atoms with Crippen LogP contribution in [0, 0.1) is 6.92 Å². The zero-order valence-corrected chi connectivity index (χ0v) is 10.2. The number of ether oxygens (including phenoxy) is 1. The summed E-state index contributed by atoms with van der Waals surface area (Å²) in [6, 6.07) is 7.99. The molecule has 1 N–H and O–H groups in total. The Labute approximate surface area is 102 Å². The van der Waals surface area contributed by atoms with Crippen molar-refractivity contribution in [3.8, 4) is 0 Å². The van der Waals surface area contributed by atoms with Gasteiger partial charge in [-0.15, -0.1) is 0 Å². The zero-order chi connectivity index (χ0) is 12.1. The lowest BCUT2D eigenvalue weighted by Crippen LogP contribution is -2.32. The molecule has 1 aliphatic heterocycles. The second-order valence-corrected chi connectivity index (χ2v) is 4.54. The van der Waals surface area contributed by atoms with E-state index in [1.807, 2.05) is 31.2 Å². The fraction of sp³-hybridized carbons (Fsp3) is 0.500. The van der Waals surface area contributed by atoms with Gasteiger partial charge in [-0.25, -0.2) is 0 Å². The van der Waals surface area contributed by atoms with Gasteiger partial charge in [-0.3, -0.25) is 4.79 Å². The predicted octanol–water partition coefficient (Wildman–Crippen LogP) is 1.83. The quantitative estimate of drug-likeness (QED) is 0.861. The minimum absolute atomic E-state index is 0.0785. The van der Waals surface area contributed by atoms with Crippen LogP contribution >= 0.6 is 0 Å². The lowest BCUT2D eigenvalue weighted by atomic mass is 10.1. The molecule has 0 unspecified atom stereocenters. The lowest BCUT2D eigenvalue weighted by Gasteiger charge is -2.11. The van der Waals surface area contributed by atoms with Crippen LogP contribution in [0.15, 0.2) is 24.3 Å². The molecule has 2 rings (SSSR count). The number of nitrogens with one attached hydrogen (secondary N) is 1. The Kier molecular flexibility index (Phi) is 4.15. The highest BCUT2D eigenvalue weighted by Crippen LogP contribution is 2.11. The highest BCUT2D eigenvalue weighted by atomic mass is 16.5. The molecule has 3 heteroatoms. The highest BCUT2D eigenvalue weighted by Gasteiger charge is 2.16. The largest absolute Gasteiger partial charge is 0.376 e. The van der Waals surface area contributed by atoms with Crippen molar-refractivity contribution in [2.45, 2.75) is 32.3 Å². The average molecular weight is 233 g/mol. The lowest BCUT2D eigenvalue weighted by molar-refractivity contribution is -0.120. The average Bonchev–Trinajstić information content (AvgIpc) is 2.82. The third-order valence-corrected chi connectivity index (χ3v) is 3.16. The van der Waals surface area contributed by atoms with Crippen molar-refractivity contribution >= 4 is 5.91 Å². The van der Waals surface area contributed by atoms with E-state index in [4.69, 9.17) is 4.74 Å². The van der Waals surface area contributed by atoms with Gasteiger partial charge in [0.1, 0.15) is 0 Å². The third-order valence-electron chi connectivity index (χ3n) is 3.16. The Morgan fingerprint density at radius 3 is 3.00 bits per heavy atom.